The van der Waals surface area contributed by atoms with E-state index < -0.39 is 0 Å². The normalized spacial score (nSPS) is 11.7. The molecule has 2 aromatic heterocycles. The molecule has 0 N–H and O–H groups in total. The molecule has 10 rings (SSSR count). The Labute approximate surface area is 288 Å². The van der Waals surface area contributed by atoms with Gasteiger partial charge in [0.25, 0.3) is 0 Å². The highest BCUT2D eigenvalue weighted by atomic mass is 32.1. The van der Waals surface area contributed by atoms with Gasteiger partial charge in [0.2, 0.25) is 0 Å². The Bertz CT molecular complexity index is 2790. The van der Waals surface area contributed by atoms with Crippen LogP contribution in [0.4, 0.5) is 17.1 Å². The summed E-state index contributed by atoms with van der Waals surface area (Å²) >= 11 is 1.86. The molecule has 0 radical (unpaired) electrons. The molecule has 0 atom stereocenters. The third-order valence-electron chi connectivity index (χ3n) is 9.79. The van der Waals surface area contributed by atoms with Gasteiger partial charge in [-0.15, -0.1) is 11.3 Å². The van der Waals surface area contributed by atoms with Crippen LogP contribution in [-0.2, 0) is 0 Å². The van der Waals surface area contributed by atoms with Crippen LogP contribution in [0.1, 0.15) is 0 Å². The van der Waals surface area contributed by atoms with E-state index in [9.17, 15) is 0 Å². The smallest absolute Gasteiger partial charge is 0.0541 e. The van der Waals surface area contributed by atoms with Crippen LogP contribution in [0.25, 0.3) is 69.6 Å². The van der Waals surface area contributed by atoms with Gasteiger partial charge in [-0.3, -0.25) is 0 Å². The number of hydrogen-bond acceptors (Lipinski definition) is 2. The molecule has 0 aliphatic rings. The number of hydrogen-bond donors (Lipinski definition) is 0. The molecule has 0 bridgehead atoms. The van der Waals surface area contributed by atoms with Crippen LogP contribution in [0, 0.1) is 0 Å². The fourth-order valence-electron chi connectivity index (χ4n) is 7.65. The van der Waals surface area contributed by atoms with Crippen LogP contribution in [-0.4, -0.2) is 4.57 Å². The molecule has 0 saturated carbocycles. The molecular weight excluding hydrogens is 613 g/mol. The second-order valence-corrected chi connectivity index (χ2v) is 13.6. The summed E-state index contributed by atoms with van der Waals surface area (Å²) in [5.41, 5.74) is 9.44. The van der Waals surface area contributed by atoms with E-state index in [0.29, 0.717) is 0 Å². The molecule has 2 heterocycles. The zero-order valence-electron chi connectivity index (χ0n) is 26.6. The van der Waals surface area contributed by atoms with E-state index in [1.54, 1.807) is 0 Å². The van der Waals surface area contributed by atoms with Crippen LogP contribution in [0.2, 0.25) is 0 Å². The summed E-state index contributed by atoms with van der Waals surface area (Å²) in [4.78, 5) is 2.41. The van der Waals surface area contributed by atoms with Crippen molar-refractivity contribution in [3.63, 3.8) is 0 Å². The van der Waals surface area contributed by atoms with E-state index in [2.05, 4.69) is 191 Å². The Hall–Kier alpha value is -6.16. The van der Waals surface area contributed by atoms with Gasteiger partial charge in [0, 0.05) is 53.3 Å². The predicted octanol–water partition coefficient (Wildman–Crippen LogP) is 13.4. The van der Waals surface area contributed by atoms with Crippen molar-refractivity contribution in [2.24, 2.45) is 0 Å². The van der Waals surface area contributed by atoms with Gasteiger partial charge in [0.1, 0.15) is 0 Å². The maximum atomic E-state index is 2.43. The number of fused-ring (bicyclic) bond motifs is 7. The molecule has 0 spiro atoms. The summed E-state index contributed by atoms with van der Waals surface area (Å²) in [5.74, 6) is 0. The standard InChI is InChI=1S/C46H30N2S/c1-2-14-31(15-3-1)47(32-26-29-46-40(30-32)39-21-9-13-25-45(39)49-46)44-28-27-34(33-16-4-5-17-35(33)44)36-18-6-10-22-41(36)48-42-23-11-7-19-37(42)38-20-8-12-24-43(38)48/h1-30H. The minimum atomic E-state index is 1.13. The van der Waals surface area contributed by atoms with E-state index in [1.807, 2.05) is 11.3 Å². The molecule has 49 heavy (non-hydrogen) atoms. The van der Waals surface area contributed by atoms with Gasteiger partial charge in [-0.05, 0) is 71.6 Å². The third kappa shape index (κ3) is 4.40. The molecule has 0 amide bonds. The summed E-state index contributed by atoms with van der Waals surface area (Å²) < 4.78 is 5.05. The molecule has 0 fully saturated rings. The first-order chi connectivity index (χ1) is 24.3. The summed E-state index contributed by atoms with van der Waals surface area (Å²) in [7, 11) is 0. The van der Waals surface area contributed by atoms with Gasteiger partial charge in [-0.25, -0.2) is 0 Å². The number of nitrogens with zero attached hydrogens (tertiary/aromatic N) is 2. The summed E-state index contributed by atoms with van der Waals surface area (Å²) in [6, 6.07) is 66.2. The molecule has 3 heteroatoms. The van der Waals surface area contributed by atoms with E-state index in [0.717, 1.165) is 17.1 Å². The molecule has 230 valence electrons. The van der Waals surface area contributed by atoms with Crippen LogP contribution < -0.4 is 4.90 Å². The van der Waals surface area contributed by atoms with E-state index in [1.165, 1.54) is 69.6 Å². The van der Waals surface area contributed by atoms with Crippen molar-refractivity contribution in [3.8, 4) is 16.8 Å². The minimum absolute atomic E-state index is 1.13. The summed E-state index contributed by atoms with van der Waals surface area (Å²) in [6.45, 7) is 0. The quantitative estimate of drug-likeness (QED) is 0.181. The SMILES string of the molecule is c1ccc(N(c2ccc3sc4ccccc4c3c2)c2ccc(-c3ccccc3-n3c4ccccc4c4ccccc43)c3ccccc23)cc1. The van der Waals surface area contributed by atoms with Crippen LogP contribution in [0.3, 0.4) is 0 Å². The van der Waals surface area contributed by atoms with Gasteiger partial charge in [0.05, 0.1) is 22.4 Å². The van der Waals surface area contributed by atoms with E-state index in [-0.39, 0.29) is 0 Å². The second kappa shape index (κ2) is 11.2. The zero-order valence-corrected chi connectivity index (χ0v) is 27.4. The molecule has 10 aromatic rings. The topological polar surface area (TPSA) is 8.17 Å². The van der Waals surface area contributed by atoms with Crippen molar-refractivity contribution >= 4 is 81.1 Å². The van der Waals surface area contributed by atoms with Crippen molar-refractivity contribution in [2.75, 3.05) is 4.90 Å². The Morgan fingerprint density at radius 3 is 1.73 bits per heavy atom. The fraction of sp³-hybridized carbons (Fsp3) is 0. The Kier molecular flexibility index (Phi) is 6.39. The van der Waals surface area contributed by atoms with Gasteiger partial charge in [0.15, 0.2) is 0 Å². The largest absolute Gasteiger partial charge is 0.310 e. The lowest BCUT2D eigenvalue weighted by molar-refractivity contribution is 1.18. The molecule has 0 aliphatic carbocycles. The Balaban J connectivity index is 1.21. The molecule has 2 nitrogen and oxygen atoms in total. The van der Waals surface area contributed by atoms with Gasteiger partial charge < -0.3 is 9.47 Å². The summed E-state index contributed by atoms with van der Waals surface area (Å²) in [5, 5.41) is 7.55. The predicted molar refractivity (Wildman–Crippen MR) is 211 cm³/mol. The van der Waals surface area contributed by atoms with Crippen LogP contribution >= 0.6 is 11.3 Å². The second-order valence-electron chi connectivity index (χ2n) is 12.5. The maximum absolute atomic E-state index is 2.43. The first-order valence-corrected chi connectivity index (χ1v) is 17.5. The third-order valence-corrected chi connectivity index (χ3v) is 10.9. The van der Waals surface area contributed by atoms with Crippen LogP contribution in [0.15, 0.2) is 182 Å². The average Bonchev–Trinajstić information content (AvgIpc) is 3.71. The highest BCUT2D eigenvalue weighted by molar-refractivity contribution is 7.25. The lowest BCUT2D eigenvalue weighted by atomic mass is 9.95. The Morgan fingerprint density at radius 2 is 0.959 bits per heavy atom. The molecule has 0 unspecified atom stereocenters. The van der Waals surface area contributed by atoms with Crippen molar-refractivity contribution in [3.05, 3.63) is 182 Å². The average molecular weight is 643 g/mol. The van der Waals surface area contributed by atoms with Crippen molar-refractivity contribution in [2.45, 2.75) is 0 Å². The zero-order chi connectivity index (χ0) is 32.3. The highest BCUT2D eigenvalue weighted by Crippen LogP contribution is 2.45. The maximum Gasteiger partial charge on any atom is 0.0541 e. The van der Waals surface area contributed by atoms with Crippen molar-refractivity contribution in [1.29, 1.82) is 0 Å². The number of thiophene rings is 1. The van der Waals surface area contributed by atoms with Gasteiger partial charge >= 0.3 is 0 Å². The first-order valence-electron chi connectivity index (χ1n) is 16.7. The van der Waals surface area contributed by atoms with Gasteiger partial charge in [-0.2, -0.15) is 0 Å². The van der Waals surface area contributed by atoms with Crippen molar-refractivity contribution in [1.82, 2.24) is 4.57 Å². The number of benzene rings is 8. The minimum Gasteiger partial charge on any atom is -0.310 e. The first kappa shape index (κ1) is 27.9. The fourth-order valence-corrected chi connectivity index (χ4v) is 8.74. The lowest BCUT2D eigenvalue weighted by Gasteiger charge is -2.28. The number of para-hydroxylation sites is 4. The molecular formula is C46H30N2S. The molecule has 0 saturated heterocycles. The van der Waals surface area contributed by atoms with E-state index in [4.69, 9.17) is 0 Å². The number of aromatic nitrogens is 1. The Morgan fingerprint density at radius 1 is 0.367 bits per heavy atom. The lowest BCUT2D eigenvalue weighted by Crippen LogP contribution is -2.10. The van der Waals surface area contributed by atoms with Crippen molar-refractivity contribution < 1.29 is 0 Å². The van der Waals surface area contributed by atoms with Gasteiger partial charge in [-0.1, -0.05) is 121 Å². The molecule has 0 aliphatic heterocycles. The van der Waals surface area contributed by atoms with Crippen LogP contribution in [0.5, 0.6) is 0 Å². The summed E-state index contributed by atoms with van der Waals surface area (Å²) in [6.07, 6.45) is 0. The number of anilines is 3. The molecule has 8 aromatic carbocycles. The van der Waals surface area contributed by atoms with E-state index >= 15 is 0 Å². The highest BCUT2D eigenvalue weighted by Gasteiger charge is 2.20. The monoisotopic (exact) mass is 642 g/mol. The number of rotatable bonds is 5.